The summed E-state index contributed by atoms with van der Waals surface area (Å²) < 4.78 is 5.08. The molecule has 5 heteroatoms. The summed E-state index contributed by atoms with van der Waals surface area (Å²) in [7, 11) is 0. The average molecular weight is 214 g/mol. The Morgan fingerprint density at radius 1 is 1.53 bits per heavy atom. The summed E-state index contributed by atoms with van der Waals surface area (Å²) in [5, 5.41) is 5.26. The summed E-state index contributed by atoms with van der Waals surface area (Å²) in [5.74, 6) is -0.159. The van der Waals surface area contributed by atoms with Crippen LogP contribution in [0.1, 0.15) is 34.1 Å². The Morgan fingerprint density at radius 3 is 2.53 bits per heavy atom. The van der Waals surface area contributed by atoms with Gasteiger partial charge in [-0.15, -0.1) is 0 Å². The van der Waals surface area contributed by atoms with Gasteiger partial charge in [0.1, 0.15) is 11.1 Å². The van der Waals surface area contributed by atoms with E-state index in [1.165, 1.54) is 0 Å². The molecule has 1 aliphatic heterocycles. The molecule has 1 rings (SSSR count). The highest BCUT2D eigenvalue weighted by atomic mass is 16.6. The number of hydrogen-bond donors (Lipinski definition) is 2. The van der Waals surface area contributed by atoms with Crippen LogP contribution in [0.3, 0.4) is 0 Å². The molecule has 5 nitrogen and oxygen atoms in total. The molecule has 86 valence electrons. The fourth-order valence-corrected chi connectivity index (χ4v) is 1.38. The Kier molecular flexibility index (Phi) is 2.93. The van der Waals surface area contributed by atoms with Gasteiger partial charge in [-0.1, -0.05) is 0 Å². The van der Waals surface area contributed by atoms with E-state index in [-0.39, 0.29) is 5.91 Å². The molecule has 0 radical (unpaired) electrons. The molecule has 0 aromatic rings. The van der Waals surface area contributed by atoms with Crippen LogP contribution in [0.25, 0.3) is 0 Å². The van der Waals surface area contributed by atoms with Crippen LogP contribution in [0, 0.1) is 0 Å². The summed E-state index contributed by atoms with van der Waals surface area (Å²) in [6.07, 6.45) is 0.0347. The monoisotopic (exact) mass is 214 g/mol. The number of nitrogens with one attached hydrogen (secondary N) is 2. The molecule has 1 saturated heterocycles. The number of carbonyl (C=O) groups excluding carboxylic acids is 2. The zero-order chi connectivity index (χ0) is 11.7. The van der Waals surface area contributed by atoms with Crippen LogP contribution >= 0.6 is 0 Å². The van der Waals surface area contributed by atoms with Gasteiger partial charge >= 0.3 is 6.09 Å². The van der Waals surface area contributed by atoms with Crippen molar-refractivity contribution in [3.05, 3.63) is 0 Å². The second-order valence-corrected chi connectivity index (χ2v) is 4.96. The van der Waals surface area contributed by atoms with Gasteiger partial charge in [0.05, 0.1) is 0 Å². The first-order chi connectivity index (χ1) is 6.73. The quantitative estimate of drug-likeness (QED) is 0.678. The second-order valence-electron chi connectivity index (χ2n) is 4.96. The van der Waals surface area contributed by atoms with E-state index in [2.05, 4.69) is 10.6 Å². The fourth-order valence-electron chi connectivity index (χ4n) is 1.38. The Bertz CT molecular complexity index is 283. The number of carbonyl (C=O) groups is 2. The Hall–Kier alpha value is -1.26. The molecule has 1 atom stereocenters. The summed E-state index contributed by atoms with van der Waals surface area (Å²) in [6, 6.07) is 0. The summed E-state index contributed by atoms with van der Waals surface area (Å²) in [6.45, 7) is 7.63. The minimum atomic E-state index is -0.831. The van der Waals surface area contributed by atoms with E-state index in [4.69, 9.17) is 4.74 Å². The maximum Gasteiger partial charge on any atom is 0.408 e. The van der Waals surface area contributed by atoms with E-state index in [1.807, 2.05) is 0 Å². The molecule has 0 unspecified atom stereocenters. The van der Waals surface area contributed by atoms with Crippen molar-refractivity contribution in [1.29, 1.82) is 0 Å². The predicted molar refractivity (Wildman–Crippen MR) is 55.4 cm³/mol. The largest absolute Gasteiger partial charge is 0.444 e. The number of amides is 2. The van der Waals surface area contributed by atoms with Crippen molar-refractivity contribution in [2.24, 2.45) is 0 Å². The van der Waals surface area contributed by atoms with Crippen molar-refractivity contribution in [3.8, 4) is 0 Å². The number of alkyl carbamates (subject to hydrolysis) is 1. The van der Waals surface area contributed by atoms with Crippen LogP contribution < -0.4 is 10.6 Å². The standard InChI is InChI=1S/C10H18N2O3/c1-9(2,3)15-8(14)12-10(4)5-6-11-7(10)13/h5-6H2,1-4H3,(H,11,13)(H,12,14)/t10-/m1/s1. The molecular weight excluding hydrogens is 196 g/mol. The molecule has 15 heavy (non-hydrogen) atoms. The smallest absolute Gasteiger partial charge is 0.408 e. The molecule has 0 spiro atoms. The molecule has 2 amide bonds. The Morgan fingerprint density at radius 2 is 2.13 bits per heavy atom. The van der Waals surface area contributed by atoms with Crippen LogP contribution in [0.5, 0.6) is 0 Å². The van der Waals surface area contributed by atoms with Gasteiger partial charge in [0.2, 0.25) is 5.91 Å². The maximum atomic E-state index is 11.5. The van der Waals surface area contributed by atoms with E-state index >= 15 is 0 Å². The molecule has 2 N–H and O–H groups in total. The minimum absolute atomic E-state index is 0.159. The van der Waals surface area contributed by atoms with E-state index < -0.39 is 17.2 Å². The first-order valence-electron chi connectivity index (χ1n) is 5.02. The zero-order valence-corrected chi connectivity index (χ0v) is 9.64. The first kappa shape index (κ1) is 11.8. The Balaban J connectivity index is 2.55. The van der Waals surface area contributed by atoms with Crippen LogP contribution in [-0.4, -0.2) is 29.7 Å². The SMILES string of the molecule is CC(C)(C)OC(=O)N[C@]1(C)CCNC1=O. The van der Waals surface area contributed by atoms with Crippen LogP contribution in [0.15, 0.2) is 0 Å². The third-order valence-corrected chi connectivity index (χ3v) is 2.19. The molecule has 0 bridgehead atoms. The van der Waals surface area contributed by atoms with Crippen molar-refractivity contribution in [1.82, 2.24) is 10.6 Å². The van der Waals surface area contributed by atoms with Crippen molar-refractivity contribution in [2.45, 2.75) is 45.3 Å². The molecule has 1 heterocycles. The predicted octanol–water partition coefficient (Wildman–Crippen LogP) is 0.790. The number of rotatable bonds is 1. The minimum Gasteiger partial charge on any atom is -0.444 e. The molecule has 1 fully saturated rings. The van der Waals surface area contributed by atoms with Gasteiger partial charge < -0.3 is 15.4 Å². The van der Waals surface area contributed by atoms with Gasteiger partial charge in [0, 0.05) is 6.54 Å². The lowest BCUT2D eigenvalue weighted by Gasteiger charge is -2.26. The highest BCUT2D eigenvalue weighted by molar-refractivity contribution is 5.91. The van der Waals surface area contributed by atoms with E-state index in [0.717, 1.165) is 0 Å². The van der Waals surface area contributed by atoms with Crippen molar-refractivity contribution < 1.29 is 14.3 Å². The third kappa shape index (κ3) is 3.11. The van der Waals surface area contributed by atoms with Gasteiger partial charge in [0.15, 0.2) is 0 Å². The lowest BCUT2D eigenvalue weighted by atomic mass is 10.0. The normalized spacial score (nSPS) is 26.0. The van der Waals surface area contributed by atoms with Crippen molar-refractivity contribution in [3.63, 3.8) is 0 Å². The number of ether oxygens (including phenoxy) is 1. The van der Waals surface area contributed by atoms with Crippen LogP contribution in [0.4, 0.5) is 4.79 Å². The van der Waals surface area contributed by atoms with Gasteiger partial charge in [-0.05, 0) is 34.1 Å². The third-order valence-electron chi connectivity index (χ3n) is 2.19. The lowest BCUT2D eigenvalue weighted by molar-refractivity contribution is -0.124. The molecular formula is C10H18N2O3. The Labute approximate surface area is 89.6 Å². The molecule has 0 aromatic carbocycles. The van der Waals surface area contributed by atoms with Crippen molar-refractivity contribution in [2.75, 3.05) is 6.54 Å². The maximum absolute atomic E-state index is 11.5. The first-order valence-corrected chi connectivity index (χ1v) is 5.02. The van der Waals surface area contributed by atoms with Crippen LogP contribution in [-0.2, 0) is 9.53 Å². The average Bonchev–Trinajstić information content (AvgIpc) is 2.27. The van der Waals surface area contributed by atoms with E-state index in [1.54, 1.807) is 27.7 Å². The molecule has 1 aliphatic rings. The van der Waals surface area contributed by atoms with Gasteiger partial charge in [-0.2, -0.15) is 0 Å². The van der Waals surface area contributed by atoms with Gasteiger partial charge in [0.25, 0.3) is 0 Å². The highest BCUT2D eigenvalue weighted by Crippen LogP contribution is 2.16. The van der Waals surface area contributed by atoms with Crippen molar-refractivity contribution >= 4 is 12.0 Å². The molecule has 0 aromatic heterocycles. The number of hydrogen-bond acceptors (Lipinski definition) is 3. The highest BCUT2D eigenvalue weighted by Gasteiger charge is 2.39. The molecule has 0 aliphatic carbocycles. The van der Waals surface area contributed by atoms with Gasteiger partial charge in [-0.3, -0.25) is 4.79 Å². The summed E-state index contributed by atoms with van der Waals surface area (Å²) in [5.41, 5.74) is -1.38. The van der Waals surface area contributed by atoms with Gasteiger partial charge in [-0.25, -0.2) is 4.79 Å². The van der Waals surface area contributed by atoms with E-state index in [9.17, 15) is 9.59 Å². The second kappa shape index (κ2) is 3.72. The lowest BCUT2D eigenvalue weighted by Crippen LogP contribution is -2.52. The molecule has 0 saturated carbocycles. The van der Waals surface area contributed by atoms with E-state index in [0.29, 0.717) is 13.0 Å². The fraction of sp³-hybridized carbons (Fsp3) is 0.800. The zero-order valence-electron chi connectivity index (χ0n) is 9.64. The summed E-state index contributed by atoms with van der Waals surface area (Å²) in [4.78, 5) is 22.9. The van der Waals surface area contributed by atoms with Crippen LogP contribution in [0.2, 0.25) is 0 Å². The summed E-state index contributed by atoms with van der Waals surface area (Å²) >= 11 is 0. The topological polar surface area (TPSA) is 67.4 Å².